The number of amides is 1. The van der Waals surface area contributed by atoms with Gasteiger partial charge in [0.2, 0.25) is 0 Å². The van der Waals surface area contributed by atoms with Crippen LogP contribution in [-0.2, 0) is 11.8 Å². The Balaban J connectivity index is 1.77. The molecule has 0 spiro atoms. The van der Waals surface area contributed by atoms with E-state index in [2.05, 4.69) is 4.98 Å². The number of carbonyl (C=O) groups excluding carboxylic acids is 1. The van der Waals surface area contributed by atoms with Gasteiger partial charge in [-0.3, -0.25) is 0 Å². The van der Waals surface area contributed by atoms with Crippen molar-refractivity contribution in [2.75, 3.05) is 7.05 Å². The molecule has 2 aliphatic rings. The van der Waals surface area contributed by atoms with Gasteiger partial charge in [0.1, 0.15) is 0 Å². The van der Waals surface area contributed by atoms with Crippen molar-refractivity contribution in [3.8, 4) is 0 Å². The second-order valence-electron chi connectivity index (χ2n) is 6.12. The summed E-state index contributed by atoms with van der Waals surface area (Å²) in [5.41, 5.74) is 0. The number of imidazole rings is 1. The zero-order valence-electron chi connectivity index (χ0n) is 12.3. The van der Waals surface area contributed by atoms with Gasteiger partial charge < -0.3 is 14.2 Å². The molecule has 1 aliphatic heterocycles. The molecule has 0 N–H and O–H groups in total. The first-order valence-electron chi connectivity index (χ1n) is 7.57. The fourth-order valence-electron chi connectivity index (χ4n) is 3.53. The normalized spacial score (nSPS) is 27.9. The summed E-state index contributed by atoms with van der Waals surface area (Å²) in [6, 6.07) is 0.117. The molecule has 0 bridgehead atoms. The van der Waals surface area contributed by atoms with Gasteiger partial charge in [0.15, 0.2) is 11.9 Å². The molecule has 2 atom stereocenters. The van der Waals surface area contributed by atoms with Gasteiger partial charge in [0.25, 0.3) is 0 Å². The molecule has 5 nitrogen and oxygen atoms in total. The molecule has 20 heavy (non-hydrogen) atoms. The molecular formula is C15H23N3O2. The van der Waals surface area contributed by atoms with Crippen LogP contribution in [0.3, 0.4) is 0 Å². The van der Waals surface area contributed by atoms with Crippen LogP contribution < -0.4 is 0 Å². The highest BCUT2D eigenvalue weighted by Crippen LogP contribution is 2.37. The Bertz CT molecular complexity index is 479. The molecule has 1 aromatic heterocycles. The van der Waals surface area contributed by atoms with Crippen molar-refractivity contribution in [1.82, 2.24) is 14.5 Å². The predicted molar refractivity (Wildman–Crippen MR) is 75.2 cm³/mol. The highest BCUT2D eigenvalue weighted by atomic mass is 16.6. The Morgan fingerprint density at radius 1 is 1.30 bits per heavy atom. The molecule has 1 amide bonds. The average Bonchev–Trinajstić information content (AvgIpc) is 2.98. The number of carbonyl (C=O) groups is 1. The number of rotatable bonds is 3. The van der Waals surface area contributed by atoms with Crippen LogP contribution in [0.2, 0.25) is 0 Å². The molecule has 1 saturated carbocycles. The van der Waals surface area contributed by atoms with Crippen molar-refractivity contribution in [3.05, 3.63) is 18.2 Å². The van der Waals surface area contributed by atoms with Crippen LogP contribution in [0.1, 0.15) is 50.5 Å². The average molecular weight is 277 g/mol. The Labute approximate surface area is 119 Å². The molecule has 1 aliphatic carbocycles. The molecule has 5 heteroatoms. The first-order chi connectivity index (χ1) is 9.66. The minimum atomic E-state index is -0.227. The van der Waals surface area contributed by atoms with Gasteiger partial charge in [0.05, 0.1) is 6.04 Å². The lowest BCUT2D eigenvalue weighted by molar-refractivity contribution is 0.119. The minimum Gasteiger partial charge on any atom is -0.436 e. The summed E-state index contributed by atoms with van der Waals surface area (Å²) in [7, 11) is 3.80. The van der Waals surface area contributed by atoms with Crippen LogP contribution in [0.4, 0.5) is 4.79 Å². The van der Waals surface area contributed by atoms with Crippen molar-refractivity contribution >= 4 is 6.09 Å². The first-order valence-corrected chi connectivity index (χ1v) is 7.57. The third kappa shape index (κ3) is 2.41. The smallest absolute Gasteiger partial charge is 0.410 e. The maximum atomic E-state index is 11.9. The highest BCUT2D eigenvalue weighted by molar-refractivity contribution is 5.70. The quantitative estimate of drug-likeness (QED) is 0.853. The maximum Gasteiger partial charge on any atom is 0.410 e. The predicted octanol–water partition coefficient (Wildman–Crippen LogP) is 2.88. The number of cyclic esters (lactones) is 1. The summed E-state index contributed by atoms with van der Waals surface area (Å²) in [5.74, 6) is 1.57. The molecule has 2 heterocycles. The third-order valence-corrected chi connectivity index (χ3v) is 4.78. The van der Waals surface area contributed by atoms with Crippen molar-refractivity contribution in [3.63, 3.8) is 0 Å². The monoisotopic (exact) mass is 277 g/mol. The number of hydrogen-bond donors (Lipinski definition) is 0. The number of nitrogens with zero attached hydrogens (tertiary/aromatic N) is 3. The molecule has 1 unspecified atom stereocenters. The molecule has 110 valence electrons. The molecular weight excluding hydrogens is 254 g/mol. The van der Waals surface area contributed by atoms with E-state index in [1.54, 1.807) is 11.1 Å². The second kappa shape index (κ2) is 5.46. The number of ether oxygens (including phenoxy) is 1. The largest absolute Gasteiger partial charge is 0.436 e. The van der Waals surface area contributed by atoms with Gasteiger partial charge in [-0.2, -0.15) is 0 Å². The van der Waals surface area contributed by atoms with E-state index in [0.717, 1.165) is 12.2 Å². The summed E-state index contributed by atoms with van der Waals surface area (Å²) < 4.78 is 7.51. The van der Waals surface area contributed by atoms with Crippen LogP contribution in [0.15, 0.2) is 12.4 Å². The van der Waals surface area contributed by atoms with E-state index in [-0.39, 0.29) is 18.2 Å². The van der Waals surface area contributed by atoms with E-state index in [4.69, 9.17) is 4.74 Å². The van der Waals surface area contributed by atoms with Crippen molar-refractivity contribution in [2.45, 2.75) is 50.7 Å². The number of aryl methyl sites for hydroxylation is 1. The molecule has 0 aromatic carbocycles. The van der Waals surface area contributed by atoms with Gasteiger partial charge >= 0.3 is 6.09 Å². The number of aromatic nitrogens is 2. The van der Waals surface area contributed by atoms with Gasteiger partial charge in [-0.15, -0.1) is 0 Å². The maximum absolute atomic E-state index is 11.9. The van der Waals surface area contributed by atoms with E-state index >= 15 is 0 Å². The lowest BCUT2D eigenvalue weighted by Crippen LogP contribution is -2.33. The van der Waals surface area contributed by atoms with Gasteiger partial charge in [-0.05, 0) is 12.3 Å². The lowest BCUT2D eigenvalue weighted by atomic mass is 9.83. The van der Waals surface area contributed by atoms with Crippen LogP contribution in [0.25, 0.3) is 0 Å². The minimum absolute atomic E-state index is 0.117. The Morgan fingerprint density at radius 2 is 2.05 bits per heavy atom. The molecule has 2 fully saturated rings. The SMILES string of the molecule is CN1C(=O)OC(c2nccn2C)[C@@H]1CC1CCCCC1. The Morgan fingerprint density at radius 3 is 2.70 bits per heavy atom. The van der Waals surface area contributed by atoms with E-state index in [1.165, 1.54) is 32.1 Å². The summed E-state index contributed by atoms with van der Waals surface area (Å²) in [4.78, 5) is 18.0. The molecule has 0 radical (unpaired) electrons. The zero-order valence-corrected chi connectivity index (χ0v) is 12.3. The number of likely N-dealkylation sites (N-methyl/N-ethyl adjacent to an activating group) is 1. The van der Waals surface area contributed by atoms with Crippen LogP contribution in [0, 0.1) is 5.92 Å². The van der Waals surface area contributed by atoms with Gasteiger partial charge in [-0.1, -0.05) is 32.1 Å². The summed E-state index contributed by atoms with van der Waals surface area (Å²) in [6.45, 7) is 0. The van der Waals surface area contributed by atoms with E-state index in [0.29, 0.717) is 5.92 Å². The lowest BCUT2D eigenvalue weighted by Gasteiger charge is -2.28. The van der Waals surface area contributed by atoms with Crippen LogP contribution in [-0.4, -0.2) is 33.6 Å². The van der Waals surface area contributed by atoms with Crippen molar-refractivity contribution in [1.29, 1.82) is 0 Å². The first kappa shape index (κ1) is 13.5. The second-order valence-corrected chi connectivity index (χ2v) is 6.12. The molecule has 1 saturated heterocycles. The zero-order chi connectivity index (χ0) is 14.1. The van der Waals surface area contributed by atoms with Crippen molar-refractivity contribution < 1.29 is 9.53 Å². The molecule has 1 aromatic rings. The number of hydrogen-bond acceptors (Lipinski definition) is 3. The standard InChI is InChI=1S/C15H23N3O2/c1-17-9-8-16-14(17)13-12(18(2)15(19)20-13)10-11-6-4-3-5-7-11/h8-9,11-13H,3-7,10H2,1-2H3/t12-,13?/m0/s1. The Kier molecular flexibility index (Phi) is 3.68. The van der Waals surface area contributed by atoms with Crippen LogP contribution in [0.5, 0.6) is 0 Å². The van der Waals surface area contributed by atoms with Gasteiger partial charge in [0, 0.05) is 26.5 Å². The van der Waals surface area contributed by atoms with Gasteiger partial charge in [-0.25, -0.2) is 9.78 Å². The van der Waals surface area contributed by atoms with E-state index in [9.17, 15) is 4.79 Å². The molecule has 3 rings (SSSR count). The Hall–Kier alpha value is -1.52. The summed E-state index contributed by atoms with van der Waals surface area (Å²) in [6.07, 6.45) is 10.8. The topological polar surface area (TPSA) is 47.4 Å². The third-order valence-electron chi connectivity index (χ3n) is 4.78. The fraction of sp³-hybridized carbons (Fsp3) is 0.733. The summed E-state index contributed by atoms with van der Waals surface area (Å²) >= 11 is 0. The van der Waals surface area contributed by atoms with Crippen molar-refractivity contribution in [2.24, 2.45) is 13.0 Å². The van der Waals surface area contributed by atoms with E-state index in [1.807, 2.05) is 24.9 Å². The van der Waals surface area contributed by atoms with E-state index < -0.39 is 0 Å². The van der Waals surface area contributed by atoms with Crippen LogP contribution >= 0.6 is 0 Å². The summed E-state index contributed by atoms with van der Waals surface area (Å²) in [5, 5.41) is 0. The highest BCUT2D eigenvalue weighted by Gasteiger charge is 2.43. The fourth-order valence-corrected chi connectivity index (χ4v) is 3.53.